The third-order valence-corrected chi connectivity index (χ3v) is 3.20. The number of hydrogen-bond donors (Lipinski definition) is 1. The SMILES string of the molecule is O=Cc1c(F)ccc(C#CCCNC(=O)OCc2ccccc2)c1F. The average molecular weight is 343 g/mol. The number of hydrogen-bond acceptors (Lipinski definition) is 3. The van der Waals surface area contributed by atoms with Crippen molar-refractivity contribution in [3.63, 3.8) is 0 Å². The van der Waals surface area contributed by atoms with Crippen LogP contribution in [-0.4, -0.2) is 18.9 Å². The molecule has 0 spiro atoms. The van der Waals surface area contributed by atoms with E-state index in [1.807, 2.05) is 30.3 Å². The molecule has 0 aromatic heterocycles. The largest absolute Gasteiger partial charge is 0.445 e. The highest BCUT2D eigenvalue weighted by molar-refractivity contribution is 5.76. The minimum atomic E-state index is -0.988. The predicted molar refractivity (Wildman–Crippen MR) is 87.9 cm³/mol. The summed E-state index contributed by atoms with van der Waals surface area (Å²) in [5.41, 5.74) is 0.153. The normalized spacial score (nSPS) is 9.68. The van der Waals surface area contributed by atoms with Crippen molar-refractivity contribution >= 4 is 12.4 Å². The number of carbonyl (C=O) groups excluding carboxylic acids is 2. The zero-order valence-corrected chi connectivity index (χ0v) is 13.2. The lowest BCUT2D eigenvalue weighted by atomic mass is 10.1. The Balaban J connectivity index is 1.77. The third kappa shape index (κ3) is 5.43. The van der Waals surface area contributed by atoms with Crippen LogP contribution >= 0.6 is 0 Å². The van der Waals surface area contributed by atoms with Crippen LogP contribution in [0.3, 0.4) is 0 Å². The topological polar surface area (TPSA) is 55.4 Å². The van der Waals surface area contributed by atoms with Crippen molar-refractivity contribution in [2.45, 2.75) is 13.0 Å². The van der Waals surface area contributed by atoms with Crippen LogP contribution in [-0.2, 0) is 11.3 Å². The Morgan fingerprint density at radius 2 is 1.92 bits per heavy atom. The van der Waals surface area contributed by atoms with Gasteiger partial charge in [0, 0.05) is 13.0 Å². The average Bonchev–Trinajstić information content (AvgIpc) is 2.62. The quantitative estimate of drug-likeness (QED) is 0.514. The molecule has 0 aliphatic rings. The van der Waals surface area contributed by atoms with Crippen LogP contribution in [0.1, 0.15) is 27.9 Å². The molecule has 0 heterocycles. The predicted octanol–water partition coefficient (Wildman–Crippen LogP) is 3.45. The fraction of sp³-hybridized carbons (Fsp3) is 0.158. The molecular formula is C19H15F2NO3. The highest BCUT2D eigenvalue weighted by Crippen LogP contribution is 2.14. The molecule has 0 saturated heterocycles. The monoisotopic (exact) mass is 343 g/mol. The Labute approximate surface area is 143 Å². The van der Waals surface area contributed by atoms with E-state index < -0.39 is 23.3 Å². The number of aldehydes is 1. The molecule has 0 atom stereocenters. The first-order chi connectivity index (χ1) is 12.1. The molecule has 2 aromatic rings. The van der Waals surface area contributed by atoms with Gasteiger partial charge in [-0.25, -0.2) is 13.6 Å². The number of halogens is 2. The van der Waals surface area contributed by atoms with Crippen molar-refractivity contribution in [2.24, 2.45) is 0 Å². The molecule has 0 bridgehead atoms. The molecule has 128 valence electrons. The van der Waals surface area contributed by atoms with Crippen molar-refractivity contribution in [2.75, 3.05) is 6.54 Å². The summed E-state index contributed by atoms with van der Waals surface area (Å²) in [5, 5.41) is 2.51. The van der Waals surface area contributed by atoms with Crippen LogP contribution in [0.4, 0.5) is 13.6 Å². The standard InChI is InChI=1S/C19H15F2NO3/c20-17-10-9-15(18(21)16(17)12-23)8-4-5-11-22-19(24)25-13-14-6-2-1-3-7-14/h1-3,6-7,9-10,12H,5,11,13H2,(H,22,24). The second-order valence-electron chi connectivity index (χ2n) is 4.98. The molecule has 0 unspecified atom stereocenters. The van der Waals surface area contributed by atoms with Crippen molar-refractivity contribution in [1.29, 1.82) is 0 Å². The molecule has 2 aromatic carbocycles. The molecule has 1 amide bonds. The van der Waals surface area contributed by atoms with Crippen LogP contribution in [0.15, 0.2) is 42.5 Å². The van der Waals surface area contributed by atoms with Crippen LogP contribution in [0.25, 0.3) is 0 Å². The van der Waals surface area contributed by atoms with Crippen molar-refractivity contribution in [1.82, 2.24) is 5.32 Å². The summed E-state index contributed by atoms with van der Waals surface area (Å²) in [4.78, 5) is 22.1. The fourth-order valence-electron chi connectivity index (χ4n) is 1.93. The van der Waals surface area contributed by atoms with E-state index in [2.05, 4.69) is 17.2 Å². The molecule has 2 rings (SSSR count). The molecule has 4 nitrogen and oxygen atoms in total. The van der Waals surface area contributed by atoms with Gasteiger partial charge in [0.1, 0.15) is 12.4 Å². The molecule has 0 aliphatic heterocycles. The van der Waals surface area contributed by atoms with Gasteiger partial charge in [0.15, 0.2) is 12.1 Å². The van der Waals surface area contributed by atoms with Gasteiger partial charge in [-0.2, -0.15) is 0 Å². The molecular weight excluding hydrogens is 328 g/mol. The highest BCUT2D eigenvalue weighted by Gasteiger charge is 2.11. The lowest BCUT2D eigenvalue weighted by Gasteiger charge is -2.05. The first kappa shape index (κ1) is 18.1. The first-order valence-electron chi connectivity index (χ1n) is 7.48. The van der Waals surface area contributed by atoms with E-state index in [4.69, 9.17) is 4.74 Å². The maximum Gasteiger partial charge on any atom is 0.407 e. The summed E-state index contributed by atoms with van der Waals surface area (Å²) in [7, 11) is 0. The Morgan fingerprint density at radius 3 is 2.64 bits per heavy atom. The van der Waals surface area contributed by atoms with Crippen LogP contribution in [0, 0.1) is 23.5 Å². The minimum Gasteiger partial charge on any atom is -0.445 e. The van der Waals surface area contributed by atoms with Crippen molar-refractivity contribution in [3.05, 3.63) is 70.8 Å². The van der Waals surface area contributed by atoms with Gasteiger partial charge in [0.05, 0.1) is 11.1 Å². The van der Waals surface area contributed by atoms with Crippen LogP contribution in [0.2, 0.25) is 0 Å². The van der Waals surface area contributed by atoms with E-state index in [1.54, 1.807) is 0 Å². The molecule has 0 fully saturated rings. The summed E-state index contributed by atoms with van der Waals surface area (Å²) in [6.45, 7) is 0.373. The van der Waals surface area contributed by atoms with E-state index in [-0.39, 0.29) is 31.4 Å². The van der Waals surface area contributed by atoms with Gasteiger partial charge in [-0.3, -0.25) is 4.79 Å². The number of benzene rings is 2. The summed E-state index contributed by atoms with van der Waals surface area (Å²) in [6.07, 6.45) is -0.227. The number of amides is 1. The Kier molecular flexibility index (Phi) is 6.66. The van der Waals surface area contributed by atoms with Crippen LogP contribution in [0.5, 0.6) is 0 Å². The lowest BCUT2D eigenvalue weighted by Crippen LogP contribution is -2.24. The molecule has 0 saturated carbocycles. The lowest BCUT2D eigenvalue weighted by molar-refractivity contribution is 0.111. The summed E-state index contributed by atoms with van der Waals surface area (Å²) >= 11 is 0. The van der Waals surface area contributed by atoms with E-state index in [1.165, 1.54) is 0 Å². The molecule has 1 N–H and O–H groups in total. The van der Waals surface area contributed by atoms with Crippen molar-refractivity contribution < 1.29 is 23.1 Å². The van der Waals surface area contributed by atoms with Gasteiger partial charge < -0.3 is 10.1 Å². The molecule has 25 heavy (non-hydrogen) atoms. The highest BCUT2D eigenvalue weighted by atomic mass is 19.1. The van der Waals surface area contributed by atoms with Crippen molar-refractivity contribution in [3.8, 4) is 11.8 Å². The maximum absolute atomic E-state index is 13.8. The van der Waals surface area contributed by atoms with E-state index in [0.717, 1.165) is 17.7 Å². The summed E-state index contributed by atoms with van der Waals surface area (Å²) < 4.78 is 32.0. The first-order valence-corrected chi connectivity index (χ1v) is 7.48. The molecule has 0 radical (unpaired) electrons. The number of carbonyl (C=O) groups is 2. The zero-order valence-electron chi connectivity index (χ0n) is 13.2. The van der Waals surface area contributed by atoms with E-state index in [9.17, 15) is 18.4 Å². The van der Waals surface area contributed by atoms with E-state index >= 15 is 0 Å². The zero-order chi connectivity index (χ0) is 18.1. The Morgan fingerprint density at radius 1 is 1.16 bits per heavy atom. The summed E-state index contributed by atoms with van der Waals surface area (Å²) in [5.74, 6) is 3.23. The fourth-order valence-corrected chi connectivity index (χ4v) is 1.93. The Hall–Kier alpha value is -3.20. The number of ether oxygens (including phenoxy) is 1. The van der Waals surface area contributed by atoms with Gasteiger partial charge in [0.25, 0.3) is 0 Å². The minimum absolute atomic E-state index is 0.0739. The van der Waals surface area contributed by atoms with Gasteiger partial charge in [-0.1, -0.05) is 42.2 Å². The molecule has 6 heteroatoms. The second kappa shape index (κ2) is 9.18. The Bertz CT molecular complexity index is 811. The van der Waals surface area contributed by atoms with Gasteiger partial charge in [-0.15, -0.1) is 0 Å². The van der Waals surface area contributed by atoms with Gasteiger partial charge in [-0.05, 0) is 17.7 Å². The van der Waals surface area contributed by atoms with Gasteiger partial charge in [0.2, 0.25) is 0 Å². The number of rotatable bonds is 5. The second-order valence-corrected chi connectivity index (χ2v) is 4.98. The van der Waals surface area contributed by atoms with Gasteiger partial charge >= 0.3 is 6.09 Å². The summed E-state index contributed by atoms with van der Waals surface area (Å²) in [6, 6.07) is 11.4. The maximum atomic E-state index is 13.8. The van der Waals surface area contributed by atoms with Crippen LogP contribution < -0.4 is 5.32 Å². The smallest absolute Gasteiger partial charge is 0.407 e. The number of alkyl carbamates (subject to hydrolysis) is 1. The van der Waals surface area contributed by atoms with E-state index in [0.29, 0.717) is 0 Å². The third-order valence-electron chi connectivity index (χ3n) is 3.20. The molecule has 0 aliphatic carbocycles. The number of nitrogens with one attached hydrogen (secondary N) is 1.